The Balaban J connectivity index is 1.91. The van der Waals surface area contributed by atoms with Crippen LogP contribution in [0.5, 0.6) is 5.75 Å². The standard InChI is InChI=1S/C14H11NO3/c15-8-7-11-3-5-12(6-4-11)18-10-13(16)14-2-1-9-17-14/h1-6,9H,7,10H2. The Kier molecular flexibility index (Phi) is 3.77. The molecule has 0 N–H and O–H groups in total. The predicted octanol–water partition coefficient (Wildman–Crippen LogP) is 2.61. The summed E-state index contributed by atoms with van der Waals surface area (Å²) in [5.74, 6) is 0.675. The van der Waals surface area contributed by atoms with Gasteiger partial charge in [-0.25, -0.2) is 0 Å². The van der Waals surface area contributed by atoms with Crippen LogP contribution in [-0.4, -0.2) is 12.4 Å². The van der Waals surface area contributed by atoms with Crippen molar-refractivity contribution >= 4 is 5.78 Å². The maximum absolute atomic E-state index is 11.6. The smallest absolute Gasteiger partial charge is 0.235 e. The number of nitriles is 1. The van der Waals surface area contributed by atoms with Crippen molar-refractivity contribution in [1.82, 2.24) is 0 Å². The number of carbonyl (C=O) groups is 1. The highest BCUT2D eigenvalue weighted by Crippen LogP contribution is 2.13. The third-order valence-electron chi connectivity index (χ3n) is 2.37. The summed E-state index contributed by atoms with van der Waals surface area (Å²) in [6, 6.07) is 12.4. The van der Waals surface area contributed by atoms with Crippen molar-refractivity contribution < 1.29 is 13.9 Å². The normalized spacial score (nSPS) is 9.72. The monoisotopic (exact) mass is 241 g/mol. The molecule has 4 heteroatoms. The summed E-state index contributed by atoms with van der Waals surface area (Å²) in [6.07, 6.45) is 1.82. The number of ketones is 1. The van der Waals surface area contributed by atoms with E-state index in [-0.39, 0.29) is 18.2 Å². The summed E-state index contributed by atoms with van der Waals surface area (Å²) in [6.45, 7) is -0.0644. The topological polar surface area (TPSA) is 63.2 Å². The largest absolute Gasteiger partial charge is 0.485 e. The fraction of sp³-hybridized carbons (Fsp3) is 0.143. The fourth-order valence-electron chi connectivity index (χ4n) is 1.45. The number of nitrogens with zero attached hydrogens (tertiary/aromatic N) is 1. The molecule has 4 nitrogen and oxygen atoms in total. The minimum absolute atomic E-state index is 0.0644. The number of rotatable bonds is 5. The molecule has 0 saturated carbocycles. The van der Waals surface area contributed by atoms with E-state index in [1.807, 2.05) is 0 Å². The summed E-state index contributed by atoms with van der Waals surface area (Å²) in [5, 5.41) is 8.53. The third-order valence-corrected chi connectivity index (χ3v) is 2.37. The van der Waals surface area contributed by atoms with E-state index in [0.29, 0.717) is 12.2 Å². The highest BCUT2D eigenvalue weighted by atomic mass is 16.5. The van der Waals surface area contributed by atoms with Gasteiger partial charge in [-0.3, -0.25) is 4.79 Å². The molecular formula is C14H11NO3. The zero-order chi connectivity index (χ0) is 12.8. The number of hydrogen-bond acceptors (Lipinski definition) is 4. The van der Waals surface area contributed by atoms with Crippen LogP contribution < -0.4 is 4.74 Å². The van der Waals surface area contributed by atoms with Gasteiger partial charge in [-0.2, -0.15) is 5.26 Å². The highest BCUT2D eigenvalue weighted by Gasteiger charge is 2.09. The van der Waals surface area contributed by atoms with E-state index in [9.17, 15) is 4.79 Å². The molecule has 2 aromatic rings. The van der Waals surface area contributed by atoms with Crippen LogP contribution in [-0.2, 0) is 6.42 Å². The zero-order valence-electron chi connectivity index (χ0n) is 9.63. The summed E-state index contributed by atoms with van der Waals surface area (Å²) in [5.41, 5.74) is 0.919. The van der Waals surface area contributed by atoms with Gasteiger partial charge in [0, 0.05) is 0 Å². The molecule has 0 radical (unpaired) electrons. The molecule has 0 atom stereocenters. The van der Waals surface area contributed by atoms with Crippen LogP contribution in [0.3, 0.4) is 0 Å². The van der Waals surface area contributed by atoms with Crippen molar-refractivity contribution in [3.8, 4) is 11.8 Å². The van der Waals surface area contributed by atoms with Crippen LogP contribution in [0, 0.1) is 11.3 Å². The summed E-state index contributed by atoms with van der Waals surface area (Å²) >= 11 is 0. The first-order chi connectivity index (χ1) is 8.79. The van der Waals surface area contributed by atoms with Gasteiger partial charge < -0.3 is 9.15 Å². The van der Waals surface area contributed by atoms with Crippen LogP contribution in [0.1, 0.15) is 16.1 Å². The molecule has 1 aromatic heterocycles. The molecule has 0 bridgehead atoms. The average Bonchev–Trinajstić information content (AvgIpc) is 2.92. The van der Waals surface area contributed by atoms with E-state index in [2.05, 4.69) is 6.07 Å². The number of ether oxygens (including phenoxy) is 1. The summed E-state index contributed by atoms with van der Waals surface area (Å²) < 4.78 is 10.3. The molecule has 1 heterocycles. The average molecular weight is 241 g/mol. The zero-order valence-corrected chi connectivity index (χ0v) is 9.63. The first-order valence-corrected chi connectivity index (χ1v) is 5.45. The molecule has 0 aliphatic heterocycles. The van der Waals surface area contributed by atoms with Crippen LogP contribution in [0.25, 0.3) is 0 Å². The summed E-state index contributed by atoms with van der Waals surface area (Å²) in [7, 11) is 0. The SMILES string of the molecule is N#CCc1ccc(OCC(=O)c2ccco2)cc1. The molecule has 0 spiro atoms. The van der Waals surface area contributed by atoms with E-state index in [0.717, 1.165) is 5.56 Å². The lowest BCUT2D eigenvalue weighted by Crippen LogP contribution is -2.10. The number of carbonyl (C=O) groups excluding carboxylic acids is 1. The van der Waals surface area contributed by atoms with E-state index in [1.54, 1.807) is 36.4 Å². The maximum Gasteiger partial charge on any atom is 0.235 e. The number of benzene rings is 1. The summed E-state index contributed by atoms with van der Waals surface area (Å²) in [4.78, 5) is 11.6. The second-order valence-electron chi connectivity index (χ2n) is 3.67. The van der Waals surface area contributed by atoms with Crippen molar-refractivity contribution in [1.29, 1.82) is 5.26 Å². The maximum atomic E-state index is 11.6. The molecule has 0 amide bonds. The van der Waals surface area contributed by atoms with Gasteiger partial charge >= 0.3 is 0 Å². The van der Waals surface area contributed by atoms with Crippen LogP contribution in [0.4, 0.5) is 0 Å². The molecule has 0 aliphatic rings. The first kappa shape index (κ1) is 11.9. The Bertz CT molecular complexity index is 550. The van der Waals surface area contributed by atoms with Gasteiger partial charge in [0.2, 0.25) is 5.78 Å². The van der Waals surface area contributed by atoms with Gasteiger partial charge in [0.1, 0.15) is 5.75 Å². The van der Waals surface area contributed by atoms with Gasteiger partial charge in [-0.1, -0.05) is 12.1 Å². The number of Topliss-reactive ketones (excluding diaryl/α,β-unsaturated/α-hetero) is 1. The van der Waals surface area contributed by atoms with Gasteiger partial charge in [0.25, 0.3) is 0 Å². The first-order valence-electron chi connectivity index (χ1n) is 5.45. The van der Waals surface area contributed by atoms with Crippen molar-refractivity contribution in [2.45, 2.75) is 6.42 Å². The van der Waals surface area contributed by atoms with E-state index < -0.39 is 0 Å². The molecule has 0 unspecified atom stereocenters. The predicted molar refractivity (Wildman–Crippen MR) is 64.3 cm³/mol. The van der Waals surface area contributed by atoms with Gasteiger partial charge in [0.15, 0.2) is 12.4 Å². The van der Waals surface area contributed by atoms with Crippen molar-refractivity contribution in [3.05, 3.63) is 54.0 Å². The van der Waals surface area contributed by atoms with Crippen molar-refractivity contribution in [2.75, 3.05) is 6.61 Å². The van der Waals surface area contributed by atoms with Gasteiger partial charge in [-0.05, 0) is 29.8 Å². The molecule has 90 valence electrons. The van der Waals surface area contributed by atoms with Gasteiger partial charge in [-0.15, -0.1) is 0 Å². The fourth-order valence-corrected chi connectivity index (χ4v) is 1.45. The lowest BCUT2D eigenvalue weighted by atomic mass is 10.2. The van der Waals surface area contributed by atoms with E-state index >= 15 is 0 Å². The van der Waals surface area contributed by atoms with Crippen LogP contribution in [0.15, 0.2) is 47.1 Å². The Morgan fingerprint density at radius 3 is 2.67 bits per heavy atom. The Hall–Kier alpha value is -2.54. The quantitative estimate of drug-likeness (QED) is 0.755. The van der Waals surface area contributed by atoms with Crippen molar-refractivity contribution in [2.24, 2.45) is 0 Å². The Labute approximate surface area is 104 Å². The Morgan fingerprint density at radius 1 is 1.28 bits per heavy atom. The Morgan fingerprint density at radius 2 is 2.06 bits per heavy atom. The molecule has 18 heavy (non-hydrogen) atoms. The minimum atomic E-state index is -0.207. The van der Waals surface area contributed by atoms with Gasteiger partial charge in [0.05, 0.1) is 18.8 Å². The molecule has 0 fully saturated rings. The molecule has 0 aliphatic carbocycles. The molecule has 2 rings (SSSR count). The van der Waals surface area contributed by atoms with E-state index in [4.69, 9.17) is 14.4 Å². The van der Waals surface area contributed by atoms with Crippen LogP contribution >= 0.6 is 0 Å². The molecule has 1 aromatic carbocycles. The number of furan rings is 1. The third kappa shape index (κ3) is 2.98. The molecule has 0 saturated heterocycles. The van der Waals surface area contributed by atoms with Crippen molar-refractivity contribution in [3.63, 3.8) is 0 Å². The van der Waals surface area contributed by atoms with Crippen LogP contribution in [0.2, 0.25) is 0 Å². The van der Waals surface area contributed by atoms with E-state index in [1.165, 1.54) is 6.26 Å². The minimum Gasteiger partial charge on any atom is -0.485 e. The number of hydrogen-bond donors (Lipinski definition) is 0. The second kappa shape index (κ2) is 5.69. The molecular weight excluding hydrogens is 230 g/mol. The lowest BCUT2D eigenvalue weighted by molar-refractivity contribution is 0.0894. The second-order valence-corrected chi connectivity index (χ2v) is 3.67. The lowest BCUT2D eigenvalue weighted by Gasteiger charge is -2.04. The highest BCUT2D eigenvalue weighted by molar-refractivity contribution is 5.94.